The third kappa shape index (κ3) is 3.74. The second-order valence-electron chi connectivity index (χ2n) is 4.34. The van der Waals surface area contributed by atoms with E-state index in [9.17, 15) is 4.79 Å². The van der Waals surface area contributed by atoms with Crippen molar-refractivity contribution in [3.63, 3.8) is 0 Å². The summed E-state index contributed by atoms with van der Waals surface area (Å²) in [6, 6.07) is 5.59. The summed E-state index contributed by atoms with van der Waals surface area (Å²) in [4.78, 5) is 11.5. The lowest BCUT2D eigenvalue weighted by Crippen LogP contribution is -2.26. The fraction of sp³-hybridized carbons (Fsp3) is 0.500. The van der Waals surface area contributed by atoms with Crippen LogP contribution in [-0.4, -0.2) is 18.7 Å². The maximum atomic E-state index is 11.5. The normalized spacial score (nSPS) is 13.8. The number of rotatable bonds is 5. The molecule has 0 radical (unpaired) electrons. The minimum Gasteiger partial charge on any atom is -0.479 e. The molecule has 2 atom stereocenters. The molecule has 0 saturated carbocycles. The Bertz CT molecular complexity index is 416. The molecule has 1 aromatic rings. The van der Waals surface area contributed by atoms with E-state index in [1.807, 2.05) is 32.0 Å². The molecule has 0 bridgehead atoms. The Morgan fingerprint density at radius 1 is 1.39 bits per heavy atom. The predicted octanol–water partition coefficient (Wildman–Crippen LogP) is 2.35. The van der Waals surface area contributed by atoms with Crippen molar-refractivity contribution in [3.05, 3.63) is 29.3 Å². The number of aryl methyl sites for hydroxylation is 1. The third-order valence-electron chi connectivity index (χ3n) is 2.58. The van der Waals surface area contributed by atoms with Crippen LogP contribution < -0.4 is 10.5 Å². The number of hydrogen-bond donors (Lipinski definition) is 1. The van der Waals surface area contributed by atoms with Crippen LogP contribution in [0.5, 0.6) is 5.75 Å². The van der Waals surface area contributed by atoms with Crippen LogP contribution >= 0.6 is 0 Å². The number of esters is 1. The van der Waals surface area contributed by atoms with Crippen LogP contribution in [0.15, 0.2) is 18.2 Å². The number of benzene rings is 1. The van der Waals surface area contributed by atoms with Crippen LogP contribution in [0, 0.1) is 6.92 Å². The second kappa shape index (κ2) is 6.40. The molecule has 0 fully saturated rings. The Morgan fingerprint density at radius 2 is 2.06 bits per heavy atom. The van der Waals surface area contributed by atoms with E-state index in [-0.39, 0.29) is 12.0 Å². The van der Waals surface area contributed by atoms with Gasteiger partial charge in [0.1, 0.15) is 5.75 Å². The van der Waals surface area contributed by atoms with Crippen molar-refractivity contribution in [2.45, 2.75) is 39.8 Å². The van der Waals surface area contributed by atoms with Crippen LogP contribution in [-0.2, 0) is 9.53 Å². The van der Waals surface area contributed by atoms with Gasteiger partial charge in [-0.3, -0.25) is 0 Å². The van der Waals surface area contributed by atoms with Gasteiger partial charge in [-0.1, -0.05) is 17.7 Å². The van der Waals surface area contributed by atoms with Gasteiger partial charge in [0.2, 0.25) is 0 Å². The Labute approximate surface area is 108 Å². The molecular formula is C14H21NO3. The zero-order valence-electron chi connectivity index (χ0n) is 11.4. The molecule has 2 N–H and O–H groups in total. The van der Waals surface area contributed by atoms with E-state index >= 15 is 0 Å². The largest absolute Gasteiger partial charge is 0.479 e. The molecule has 0 aliphatic heterocycles. The molecule has 4 heteroatoms. The SMILES string of the molecule is CCOC(=O)C(C)Oc1ccc(C)cc1C(C)N. The summed E-state index contributed by atoms with van der Waals surface area (Å²) in [5.74, 6) is 0.268. The summed E-state index contributed by atoms with van der Waals surface area (Å²) in [7, 11) is 0. The smallest absolute Gasteiger partial charge is 0.347 e. The molecule has 1 aromatic carbocycles. The minimum atomic E-state index is -0.634. The van der Waals surface area contributed by atoms with Gasteiger partial charge in [0.25, 0.3) is 0 Å². The lowest BCUT2D eigenvalue weighted by molar-refractivity contribution is -0.150. The summed E-state index contributed by atoms with van der Waals surface area (Å²) in [5.41, 5.74) is 7.90. The van der Waals surface area contributed by atoms with E-state index in [1.165, 1.54) is 0 Å². The van der Waals surface area contributed by atoms with E-state index < -0.39 is 6.10 Å². The van der Waals surface area contributed by atoms with Crippen LogP contribution in [0.2, 0.25) is 0 Å². The molecule has 18 heavy (non-hydrogen) atoms. The first-order valence-electron chi connectivity index (χ1n) is 6.15. The molecule has 0 aromatic heterocycles. The van der Waals surface area contributed by atoms with Crippen LogP contribution in [0.4, 0.5) is 0 Å². The zero-order chi connectivity index (χ0) is 13.7. The summed E-state index contributed by atoms with van der Waals surface area (Å²) in [6.45, 7) is 7.66. The van der Waals surface area contributed by atoms with Crippen molar-refractivity contribution in [2.24, 2.45) is 5.73 Å². The highest BCUT2D eigenvalue weighted by atomic mass is 16.6. The van der Waals surface area contributed by atoms with E-state index in [4.69, 9.17) is 15.2 Å². The van der Waals surface area contributed by atoms with E-state index in [2.05, 4.69) is 0 Å². The van der Waals surface area contributed by atoms with E-state index in [1.54, 1.807) is 13.8 Å². The Hall–Kier alpha value is -1.55. The fourth-order valence-corrected chi connectivity index (χ4v) is 1.63. The van der Waals surface area contributed by atoms with Crippen molar-refractivity contribution < 1.29 is 14.3 Å². The van der Waals surface area contributed by atoms with Gasteiger partial charge < -0.3 is 15.2 Å². The first kappa shape index (κ1) is 14.5. The third-order valence-corrected chi connectivity index (χ3v) is 2.58. The molecular weight excluding hydrogens is 230 g/mol. The molecule has 1 rings (SSSR count). The van der Waals surface area contributed by atoms with Crippen molar-refractivity contribution in [2.75, 3.05) is 6.61 Å². The second-order valence-corrected chi connectivity index (χ2v) is 4.34. The molecule has 0 aliphatic rings. The van der Waals surface area contributed by atoms with Gasteiger partial charge >= 0.3 is 5.97 Å². The minimum absolute atomic E-state index is 0.144. The van der Waals surface area contributed by atoms with Crippen LogP contribution in [0.25, 0.3) is 0 Å². The highest BCUT2D eigenvalue weighted by Gasteiger charge is 2.18. The molecule has 0 spiro atoms. The van der Waals surface area contributed by atoms with Gasteiger partial charge in [-0.15, -0.1) is 0 Å². The molecule has 0 aliphatic carbocycles. The van der Waals surface area contributed by atoms with E-state index in [0.717, 1.165) is 11.1 Å². The number of carbonyl (C=O) groups excluding carboxylic acids is 1. The lowest BCUT2D eigenvalue weighted by atomic mass is 10.1. The first-order valence-corrected chi connectivity index (χ1v) is 6.15. The maximum Gasteiger partial charge on any atom is 0.347 e. The summed E-state index contributed by atoms with van der Waals surface area (Å²) in [6.07, 6.45) is -0.634. The predicted molar refractivity (Wildman–Crippen MR) is 70.5 cm³/mol. The summed E-state index contributed by atoms with van der Waals surface area (Å²) in [5, 5.41) is 0. The average molecular weight is 251 g/mol. The summed E-state index contributed by atoms with van der Waals surface area (Å²) < 4.78 is 10.5. The molecule has 0 saturated heterocycles. The van der Waals surface area contributed by atoms with Crippen LogP contribution in [0.3, 0.4) is 0 Å². The standard InChI is InChI=1S/C14H21NO3/c1-5-17-14(16)11(4)18-13-7-6-9(2)8-12(13)10(3)15/h6-8,10-11H,5,15H2,1-4H3. The van der Waals surface area contributed by atoms with E-state index in [0.29, 0.717) is 12.4 Å². The number of nitrogens with two attached hydrogens (primary N) is 1. The Morgan fingerprint density at radius 3 is 2.61 bits per heavy atom. The van der Waals surface area contributed by atoms with Gasteiger partial charge in [0.15, 0.2) is 6.10 Å². The quantitative estimate of drug-likeness (QED) is 0.816. The van der Waals surface area contributed by atoms with Gasteiger partial charge in [0.05, 0.1) is 6.61 Å². The van der Waals surface area contributed by atoms with Crippen molar-refractivity contribution >= 4 is 5.97 Å². The van der Waals surface area contributed by atoms with Gasteiger partial charge in [-0.05, 0) is 33.8 Å². The Kier molecular flexibility index (Phi) is 5.16. The highest BCUT2D eigenvalue weighted by molar-refractivity contribution is 5.74. The zero-order valence-corrected chi connectivity index (χ0v) is 11.4. The lowest BCUT2D eigenvalue weighted by Gasteiger charge is -2.18. The fourth-order valence-electron chi connectivity index (χ4n) is 1.63. The average Bonchev–Trinajstić information content (AvgIpc) is 2.31. The molecule has 100 valence electrons. The number of ether oxygens (including phenoxy) is 2. The van der Waals surface area contributed by atoms with Crippen LogP contribution in [0.1, 0.15) is 37.9 Å². The van der Waals surface area contributed by atoms with Crippen molar-refractivity contribution in [1.82, 2.24) is 0 Å². The summed E-state index contributed by atoms with van der Waals surface area (Å²) >= 11 is 0. The monoisotopic (exact) mass is 251 g/mol. The molecule has 2 unspecified atom stereocenters. The number of carbonyl (C=O) groups is 1. The number of hydrogen-bond acceptors (Lipinski definition) is 4. The van der Waals surface area contributed by atoms with Gasteiger partial charge in [-0.25, -0.2) is 4.79 Å². The highest BCUT2D eigenvalue weighted by Crippen LogP contribution is 2.26. The molecule has 4 nitrogen and oxygen atoms in total. The molecule has 0 heterocycles. The first-order chi connectivity index (χ1) is 8.45. The topological polar surface area (TPSA) is 61.5 Å². The maximum absolute atomic E-state index is 11.5. The van der Waals surface area contributed by atoms with Crippen molar-refractivity contribution in [1.29, 1.82) is 0 Å². The molecule has 0 amide bonds. The van der Waals surface area contributed by atoms with Gasteiger partial charge in [-0.2, -0.15) is 0 Å². The Balaban J connectivity index is 2.87. The van der Waals surface area contributed by atoms with Gasteiger partial charge in [0, 0.05) is 11.6 Å². The van der Waals surface area contributed by atoms with Crippen molar-refractivity contribution in [3.8, 4) is 5.75 Å².